The summed E-state index contributed by atoms with van der Waals surface area (Å²) in [5, 5.41) is 6.06. The van der Waals surface area contributed by atoms with E-state index in [1.54, 1.807) is 0 Å². The zero-order valence-corrected chi connectivity index (χ0v) is 14.2. The topological polar surface area (TPSA) is 59.6 Å². The Labute approximate surface area is 148 Å². The summed E-state index contributed by atoms with van der Waals surface area (Å²) in [5.74, 6) is -0.116. The maximum absolute atomic E-state index is 12.2. The lowest BCUT2D eigenvalue weighted by Crippen LogP contribution is -2.45. The molecule has 1 aliphatic rings. The predicted octanol–water partition coefficient (Wildman–Crippen LogP) is 2.37. The molecule has 25 heavy (non-hydrogen) atoms. The number of morpholine rings is 1. The third-order valence-electron chi connectivity index (χ3n) is 4.06. The normalized spacial score (nSPS) is 17.2. The fraction of sp³-hybridized carbons (Fsp3) is 0.350. The van der Waals surface area contributed by atoms with Gasteiger partial charge in [-0.15, -0.1) is 0 Å². The second-order valence-electron chi connectivity index (χ2n) is 6.04. The van der Waals surface area contributed by atoms with Gasteiger partial charge in [0.2, 0.25) is 0 Å². The molecule has 5 nitrogen and oxygen atoms in total. The van der Waals surface area contributed by atoms with Crippen molar-refractivity contribution < 1.29 is 14.3 Å². The van der Waals surface area contributed by atoms with E-state index in [1.807, 2.05) is 42.5 Å². The van der Waals surface area contributed by atoms with Crippen LogP contribution in [-0.4, -0.2) is 38.3 Å². The Morgan fingerprint density at radius 3 is 2.80 bits per heavy atom. The molecule has 0 radical (unpaired) electrons. The molecule has 1 aliphatic heterocycles. The first-order chi connectivity index (χ1) is 12.3. The minimum atomic E-state index is -0.431. The quantitative estimate of drug-likeness (QED) is 0.760. The largest absolute Gasteiger partial charge is 0.376 e. The highest BCUT2D eigenvalue weighted by molar-refractivity contribution is 5.94. The van der Waals surface area contributed by atoms with Crippen LogP contribution in [0.2, 0.25) is 0 Å². The third-order valence-corrected chi connectivity index (χ3v) is 4.06. The standard InChI is InChI=1S/C20H24N2O3/c23-20(19-14-21-10-12-25-19)22-18-8-4-7-17(13-18)15-24-11-9-16-5-2-1-3-6-16/h1-8,13,19,21H,9-12,14-15H2,(H,22,23). The number of benzene rings is 2. The van der Waals surface area contributed by atoms with Gasteiger partial charge in [0, 0.05) is 18.8 Å². The third kappa shape index (κ3) is 5.67. The molecule has 2 aromatic carbocycles. The van der Waals surface area contributed by atoms with Crippen molar-refractivity contribution in [3.63, 3.8) is 0 Å². The highest BCUT2D eigenvalue weighted by atomic mass is 16.5. The molecule has 3 rings (SSSR count). The fourth-order valence-electron chi connectivity index (χ4n) is 2.72. The number of amides is 1. The summed E-state index contributed by atoms with van der Waals surface area (Å²) in [6.45, 7) is 3.10. The van der Waals surface area contributed by atoms with Crippen LogP contribution in [0.3, 0.4) is 0 Å². The first kappa shape index (κ1) is 17.6. The maximum Gasteiger partial charge on any atom is 0.254 e. The molecule has 1 heterocycles. The predicted molar refractivity (Wildman–Crippen MR) is 97.5 cm³/mol. The Hall–Kier alpha value is -2.21. The SMILES string of the molecule is O=C(Nc1cccc(COCCc2ccccc2)c1)C1CNCCO1. The van der Waals surface area contributed by atoms with Gasteiger partial charge >= 0.3 is 0 Å². The summed E-state index contributed by atoms with van der Waals surface area (Å²) in [6, 6.07) is 18.0. The minimum absolute atomic E-state index is 0.116. The van der Waals surface area contributed by atoms with Crippen LogP contribution in [0.1, 0.15) is 11.1 Å². The molecule has 132 valence electrons. The Bertz CT molecular complexity index is 670. The summed E-state index contributed by atoms with van der Waals surface area (Å²) in [7, 11) is 0. The highest BCUT2D eigenvalue weighted by Crippen LogP contribution is 2.13. The number of rotatable bonds is 7. The molecule has 0 bridgehead atoms. The van der Waals surface area contributed by atoms with Crippen molar-refractivity contribution in [2.45, 2.75) is 19.1 Å². The number of hydrogen-bond donors (Lipinski definition) is 2. The smallest absolute Gasteiger partial charge is 0.254 e. The van der Waals surface area contributed by atoms with E-state index in [9.17, 15) is 4.79 Å². The van der Waals surface area contributed by atoms with Gasteiger partial charge in [0.05, 0.1) is 19.8 Å². The first-order valence-electron chi connectivity index (χ1n) is 8.65. The van der Waals surface area contributed by atoms with Crippen molar-refractivity contribution in [1.29, 1.82) is 0 Å². The maximum atomic E-state index is 12.2. The molecule has 2 aromatic rings. The van der Waals surface area contributed by atoms with Gasteiger partial charge in [-0.05, 0) is 29.7 Å². The van der Waals surface area contributed by atoms with Crippen LogP contribution in [0.25, 0.3) is 0 Å². The van der Waals surface area contributed by atoms with Crippen LogP contribution in [-0.2, 0) is 27.3 Å². The Morgan fingerprint density at radius 1 is 1.16 bits per heavy atom. The molecule has 1 fully saturated rings. The average molecular weight is 340 g/mol. The van der Waals surface area contributed by atoms with E-state index in [1.165, 1.54) is 5.56 Å². The lowest BCUT2D eigenvalue weighted by Gasteiger charge is -2.22. The van der Waals surface area contributed by atoms with Crippen LogP contribution < -0.4 is 10.6 Å². The summed E-state index contributed by atoms with van der Waals surface area (Å²) in [6.07, 6.45) is 0.461. The second-order valence-corrected chi connectivity index (χ2v) is 6.04. The molecule has 1 atom stereocenters. The molecular formula is C20H24N2O3. The molecule has 0 spiro atoms. The second kappa shape index (κ2) is 9.32. The summed E-state index contributed by atoms with van der Waals surface area (Å²) >= 11 is 0. The van der Waals surface area contributed by atoms with E-state index >= 15 is 0 Å². The molecule has 2 N–H and O–H groups in total. The highest BCUT2D eigenvalue weighted by Gasteiger charge is 2.21. The van der Waals surface area contributed by atoms with Crippen molar-refractivity contribution >= 4 is 11.6 Å². The van der Waals surface area contributed by atoms with Crippen LogP contribution >= 0.6 is 0 Å². The van der Waals surface area contributed by atoms with Gasteiger partial charge in [0.1, 0.15) is 6.10 Å². The van der Waals surface area contributed by atoms with Crippen LogP contribution in [0.4, 0.5) is 5.69 Å². The van der Waals surface area contributed by atoms with E-state index in [0.29, 0.717) is 26.4 Å². The van der Waals surface area contributed by atoms with Crippen molar-refractivity contribution in [2.24, 2.45) is 0 Å². The van der Waals surface area contributed by atoms with Crippen molar-refractivity contribution in [1.82, 2.24) is 5.32 Å². The van der Waals surface area contributed by atoms with Crippen LogP contribution in [0, 0.1) is 0 Å². The first-order valence-corrected chi connectivity index (χ1v) is 8.65. The zero-order valence-electron chi connectivity index (χ0n) is 14.2. The molecule has 1 unspecified atom stereocenters. The van der Waals surface area contributed by atoms with Crippen molar-refractivity contribution in [2.75, 3.05) is 31.6 Å². The Kier molecular flexibility index (Phi) is 6.56. The number of carbonyl (C=O) groups is 1. The van der Waals surface area contributed by atoms with E-state index < -0.39 is 6.10 Å². The van der Waals surface area contributed by atoms with Gasteiger partial charge in [0.15, 0.2) is 0 Å². The lowest BCUT2D eigenvalue weighted by atomic mass is 10.2. The zero-order chi connectivity index (χ0) is 17.3. The molecule has 0 aromatic heterocycles. The van der Waals surface area contributed by atoms with Crippen LogP contribution in [0.15, 0.2) is 54.6 Å². The van der Waals surface area contributed by atoms with Crippen molar-refractivity contribution in [3.8, 4) is 0 Å². The summed E-state index contributed by atoms with van der Waals surface area (Å²) in [4.78, 5) is 12.2. The molecule has 0 saturated carbocycles. The number of nitrogens with one attached hydrogen (secondary N) is 2. The number of ether oxygens (including phenoxy) is 2. The van der Waals surface area contributed by atoms with E-state index in [0.717, 1.165) is 24.2 Å². The molecule has 1 saturated heterocycles. The number of anilines is 1. The van der Waals surface area contributed by atoms with Gasteiger partial charge < -0.3 is 20.1 Å². The molecule has 5 heteroatoms. The summed E-state index contributed by atoms with van der Waals surface area (Å²) < 4.78 is 11.2. The van der Waals surface area contributed by atoms with E-state index in [4.69, 9.17) is 9.47 Å². The number of carbonyl (C=O) groups excluding carboxylic acids is 1. The molecule has 0 aliphatic carbocycles. The lowest BCUT2D eigenvalue weighted by molar-refractivity contribution is -0.128. The van der Waals surface area contributed by atoms with Gasteiger partial charge in [-0.25, -0.2) is 0 Å². The fourth-order valence-corrected chi connectivity index (χ4v) is 2.72. The summed E-state index contributed by atoms with van der Waals surface area (Å²) in [5.41, 5.74) is 3.07. The number of hydrogen-bond acceptors (Lipinski definition) is 4. The van der Waals surface area contributed by atoms with E-state index in [-0.39, 0.29) is 5.91 Å². The minimum Gasteiger partial charge on any atom is -0.376 e. The van der Waals surface area contributed by atoms with Gasteiger partial charge in [-0.3, -0.25) is 4.79 Å². The molecule has 1 amide bonds. The van der Waals surface area contributed by atoms with E-state index in [2.05, 4.69) is 22.8 Å². The molecular weight excluding hydrogens is 316 g/mol. The van der Waals surface area contributed by atoms with Crippen molar-refractivity contribution in [3.05, 3.63) is 65.7 Å². The Balaban J connectivity index is 1.45. The van der Waals surface area contributed by atoms with Gasteiger partial charge in [-0.1, -0.05) is 42.5 Å². The Morgan fingerprint density at radius 2 is 2.00 bits per heavy atom. The van der Waals surface area contributed by atoms with Gasteiger partial charge in [-0.2, -0.15) is 0 Å². The van der Waals surface area contributed by atoms with Crippen LogP contribution in [0.5, 0.6) is 0 Å². The van der Waals surface area contributed by atoms with Gasteiger partial charge in [0.25, 0.3) is 5.91 Å². The average Bonchev–Trinajstić information content (AvgIpc) is 2.67. The monoisotopic (exact) mass is 340 g/mol.